The number of aryl methyl sites for hydroxylation is 2. The van der Waals surface area contributed by atoms with Crippen molar-refractivity contribution in [3.05, 3.63) is 77.6 Å². The van der Waals surface area contributed by atoms with Crippen molar-refractivity contribution < 1.29 is 9.18 Å². The molecule has 0 spiro atoms. The zero-order valence-corrected chi connectivity index (χ0v) is 15.5. The number of hydrogen-bond donors (Lipinski definition) is 1. The number of nitrogens with two attached hydrogens (primary N) is 1. The van der Waals surface area contributed by atoms with Crippen LogP contribution in [0.15, 0.2) is 54.6 Å². The summed E-state index contributed by atoms with van der Waals surface area (Å²) < 4.78 is 15.1. The van der Waals surface area contributed by atoms with E-state index in [9.17, 15) is 9.18 Å². The van der Waals surface area contributed by atoms with Crippen molar-refractivity contribution in [2.45, 2.75) is 31.7 Å². The van der Waals surface area contributed by atoms with Gasteiger partial charge in [0.2, 0.25) is 0 Å². The van der Waals surface area contributed by atoms with E-state index in [0.717, 1.165) is 19.3 Å². The van der Waals surface area contributed by atoms with E-state index in [1.807, 2.05) is 18.2 Å². The summed E-state index contributed by atoms with van der Waals surface area (Å²) in [5, 5.41) is 4.67. The molecule has 2 aromatic carbocycles. The lowest BCUT2D eigenvalue weighted by Crippen LogP contribution is -2.36. The van der Waals surface area contributed by atoms with Gasteiger partial charge in [-0.05, 0) is 49.1 Å². The molecule has 0 radical (unpaired) electrons. The Bertz CT molecular complexity index is 955. The lowest BCUT2D eigenvalue weighted by atomic mass is 10.1. The second kappa shape index (κ2) is 7.80. The smallest absolute Gasteiger partial charge is 0.315 e. The normalized spacial score (nSPS) is 16.5. The van der Waals surface area contributed by atoms with Crippen LogP contribution in [0.2, 0.25) is 0 Å². The Morgan fingerprint density at radius 3 is 2.57 bits per heavy atom. The average Bonchev–Trinajstić information content (AvgIpc) is 3.35. The molecule has 7 heteroatoms. The molecule has 2 N–H and O–H groups in total. The van der Waals surface area contributed by atoms with Crippen LogP contribution >= 0.6 is 0 Å². The molecule has 2 amide bonds. The van der Waals surface area contributed by atoms with E-state index < -0.39 is 6.03 Å². The predicted octanol–water partition coefficient (Wildman–Crippen LogP) is 3.41. The van der Waals surface area contributed by atoms with E-state index in [2.05, 4.69) is 17.2 Å². The van der Waals surface area contributed by atoms with E-state index in [-0.39, 0.29) is 11.9 Å². The monoisotopic (exact) mass is 379 g/mol. The quantitative estimate of drug-likeness (QED) is 0.738. The summed E-state index contributed by atoms with van der Waals surface area (Å²) >= 11 is 0. The van der Waals surface area contributed by atoms with Gasteiger partial charge in [0, 0.05) is 13.0 Å². The van der Waals surface area contributed by atoms with Crippen LogP contribution < -0.4 is 5.73 Å². The highest BCUT2D eigenvalue weighted by Crippen LogP contribution is 2.32. The Morgan fingerprint density at radius 2 is 1.86 bits per heavy atom. The summed E-state index contributed by atoms with van der Waals surface area (Å²) in [6.07, 6.45) is 3.14. The second-order valence-corrected chi connectivity index (χ2v) is 6.95. The first-order valence-corrected chi connectivity index (χ1v) is 9.43. The minimum Gasteiger partial charge on any atom is -0.351 e. The molecule has 6 nitrogen and oxygen atoms in total. The summed E-state index contributed by atoms with van der Waals surface area (Å²) in [7, 11) is 0. The molecule has 28 heavy (non-hydrogen) atoms. The number of urea groups is 1. The van der Waals surface area contributed by atoms with Crippen molar-refractivity contribution in [1.82, 2.24) is 19.7 Å². The summed E-state index contributed by atoms with van der Waals surface area (Å²) in [5.74, 6) is 1.06. The number of carbonyl (C=O) groups excluding carboxylic acids is 1. The molecule has 1 aromatic heterocycles. The van der Waals surface area contributed by atoms with Crippen molar-refractivity contribution in [3.8, 4) is 5.69 Å². The molecule has 0 saturated carbocycles. The highest BCUT2D eigenvalue weighted by molar-refractivity contribution is 5.72. The standard InChI is InChI=1S/C21H22FN5O/c22-16-9-11-17(12-10-16)27-20(18-7-4-14-26(18)21(23)28)24-19(25-27)13-8-15-5-2-1-3-6-15/h1-3,5-6,9-12,18H,4,7-8,13-14H2,(H2,23,28)/t18-/m1/s1. The zero-order valence-electron chi connectivity index (χ0n) is 15.5. The van der Waals surface area contributed by atoms with Crippen LogP contribution in [0.3, 0.4) is 0 Å². The number of likely N-dealkylation sites (tertiary alicyclic amines) is 1. The molecule has 4 rings (SSSR count). The summed E-state index contributed by atoms with van der Waals surface area (Å²) in [5.41, 5.74) is 7.48. The second-order valence-electron chi connectivity index (χ2n) is 6.95. The van der Waals surface area contributed by atoms with Gasteiger partial charge in [-0.2, -0.15) is 5.10 Å². The third kappa shape index (κ3) is 3.74. The maximum atomic E-state index is 13.4. The molecular weight excluding hydrogens is 357 g/mol. The average molecular weight is 379 g/mol. The van der Waals surface area contributed by atoms with Gasteiger partial charge in [0.15, 0.2) is 11.6 Å². The van der Waals surface area contributed by atoms with Crippen molar-refractivity contribution in [3.63, 3.8) is 0 Å². The van der Waals surface area contributed by atoms with E-state index in [1.54, 1.807) is 21.7 Å². The number of aromatic nitrogens is 3. The Morgan fingerprint density at radius 1 is 1.11 bits per heavy atom. The van der Waals surface area contributed by atoms with E-state index in [4.69, 9.17) is 10.7 Å². The number of amides is 2. The van der Waals surface area contributed by atoms with E-state index in [0.29, 0.717) is 30.3 Å². The fourth-order valence-corrected chi connectivity index (χ4v) is 3.66. The molecule has 1 aliphatic heterocycles. The van der Waals surface area contributed by atoms with Gasteiger partial charge in [0.05, 0.1) is 11.7 Å². The number of halogens is 1. The molecular formula is C21H22FN5O. The van der Waals surface area contributed by atoms with Crippen LogP contribution in [0.25, 0.3) is 5.69 Å². The summed E-state index contributed by atoms with van der Waals surface area (Å²) in [6, 6.07) is 15.6. The zero-order chi connectivity index (χ0) is 19.5. The van der Waals surface area contributed by atoms with Crippen molar-refractivity contribution in [1.29, 1.82) is 0 Å². The van der Waals surface area contributed by atoms with Crippen molar-refractivity contribution in [2.75, 3.05) is 6.54 Å². The van der Waals surface area contributed by atoms with Gasteiger partial charge >= 0.3 is 6.03 Å². The predicted molar refractivity (Wildman–Crippen MR) is 103 cm³/mol. The van der Waals surface area contributed by atoms with Crippen LogP contribution in [0.5, 0.6) is 0 Å². The van der Waals surface area contributed by atoms with Crippen LogP contribution in [0, 0.1) is 5.82 Å². The van der Waals surface area contributed by atoms with Gasteiger partial charge in [0.25, 0.3) is 0 Å². The number of rotatable bonds is 5. The lowest BCUT2D eigenvalue weighted by Gasteiger charge is -2.22. The van der Waals surface area contributed by atoms with Crippen LogP contribution in [0.4, 0.5) is 9.18 Å². The van der Waals surface area contributed by atoms with Gasteiger partial charge in [-0.25, -0.2) is 18.9 Å². The van der Waals surface area contributed by atoms with Gasteiger partial charge in [0.1, 0.15) is 5.82 Å². The van der Waals surface area contributed by atoms with Crippen LogP contribution in [0.1, 0.15) is 36.1 Å². The van der Waals surface area contributed by atoms with E-state index >= 15 is 0 Å². The fraction of sp³-hybridized carbons (Fsp3) is 0.286. The maximum absolute atomic E-state index is 13.4. The number of benzene rings is 2. The Balaban J connectivity index is 1.67. The first kappa shape index (κ1) is 18.2. The van der Waals surface area contributed by atoms with Crippen LogP contribution in [-0.4, -0.2) is 32.2 Å². The molecule has 1 fully saturated rings. The molecule has 3 aromatic rings. The SMILES string of the molecule is NC(=O)N1CCC[C@@H]1c1nc(CCc2ccccc2)nn1-c1ccc(F)cc1. The molecule has 1 saturated heterocycles. The molecule has 1 atom stereocenters. The Labute approximate surface area is 162 Å². The first-order valence-electron chi connectivity index (χ1n) is 9.43. The fourth-order valence-electron chi connectivity index (χ4n) is 3.66. The molecule has 2 heterocycles. The third-order valence-electron chi connectivity index (χ3n) is 5.06. The number of hydrogen-bond acceptors (Lipinski definition) is 3. The van der Waals surface area contributed by atoms with Gasteiger partial charge in [-0.1, -0.05) is 30.3 Å². The Kier molecular flexibility index (Phi) is 5.06. The third-order valence-corrected chi connectivity index (χ3v) is 5.06. The maximum Gasteiger partial charge on any atom is 0.315 e. The minimum atomic E-state index is -0.456. The molecule has 144 valence electrons. The minimum absolute atomic E-state index is 0.222. The van der Waals surface area contributed by atoms with Crippen LogP contribution in [-0.2, 0) is 12.8 Å². The molecule has 0 unspecified atom stereocenters. The topological polar surface area (TPSA) is 77.0 Å². The first-order chi connectivity index (χ1) is 13.6. The summed E-state index contributed by atoms with van der Waals surface area (Å²) in [4.78, 5) is 18.2. The van der Waals surface area contributed by atoms with Gasteiger partial charge in [-0.15, -0.1) is 0 Å². The van der Waals surface area contributed by atoms with Crippen molar-refractivity contribution in [2.24, 2.45) is 5.73 Å². The number of primary amides is 1. The lowest BCUT2D eigenvalue weighted by molar-refractivity contribution is 0.200. The van der Waals surface area contributed by atoms with E-state index in [1.165, 1.54) is 17.7 Å². The van der Waals surface area contributed by atoms with Gasteiger partial charge < -0.3 is 10.6 Å². The van der Waals surface area contributed by atoms with Gasteiger partial charge in [-0.3, -0.25) is 0 Å². The number of nitrogens with zero attached hydrogens (tertiary/aromatic N) is 4. The highest BCUT2D eigenvalue weighted by atomic mass is 19.1. The largest absolute Gasteiger partial charge is 0.351 e. The summed E-state index contributed by atoms with van der Waals surface area (Å²) in [6.45, 7) is 0.607. The highest BCUT2D eigenvalue weighted by Gasteiger charge is 2.33. The Hall–Kier alpha value is -3.22. The van der Waals surface area contributed by atoms with Crippen molar-refractivity contribution >= 4 is 6.03 Å². The molecule has 0 bridgehead atoms. The number of carbonyl (C=O) groups is 1. The molecule has 0 aliphatic carbocycles. The molecule has 1 aliphatic rings.